The Morgan fingerprint density at radius 2 is 2.04 bits per heavy atom. The van der Waals surface area contributed by atoms with Crippen LogP contribution in [0, 0.1) is 3.57 Å². The number of nitrogens with zero attached hydrogens (tertiary/aromatic N) is 1. The molecule has 0 unspecified atom stereocenters. The number of amides is 1. The van der Waals surface area contributed by atoms with Crippen molar-refractivity contribution < 1.29 is 4.79 Å². The number of thiophene rings is 2. The molecule has 0 saturated carbocycles. The van der Waals surface area contributed by atoms with Crippen LogP contribution in [0.5, 0.6) is 0 Å². The number of carbonyl (C=O) groups excluding carboxylic acids is 1. The van der Waals surface area contributed by atoms with Gasteiger partial charge in [-0.25, -0.2) is 0 Å². The van der Waals surface area contributed by atoms with Gasteiger partial charge in [0.1, 0.15) is 0 Å². The molecular weight excluding hydrogens is 463 g/mol. The van der Waals surface area contributed by atoms with Crippen molar-refractivity contribution in [3.63, 3.8) is 0 Å². The second-order valence-electron chi connectivity index (χ2n) is 5.97. The number of para-hydroxylation sites is 1. The molecule has 4 rings (SSSR count). The Bertz CT molecular complexity index is 875. The highest BCUT2D eigenvalue weighted by molar-refractivity contribution is 14.1. The molecule has 1 N–H and O–H groups in total. The molecule has 0 spiro atoms. The molecule has 3 heterocycles. The number of hydrogen-bond donors (Lipinski definition) is 1. The minimum absolute atomic E-state index is 0.0457. The van der Waals surface area contributed by atoms with E-state index in [0.29, 0.717) is 6.54 Å². The van der Waals surface area contributed by atoms with Crippen molar-refractivity contribution in [1.29, 1.82) is 0 Å². The second kappa shape index (κ2) is 7.57. The number of rotatable bonds is 4. The Balaban J connectivity index is 1.55. The van der Waals surface area contributed by atoms with Crippen LogP contribution in [-0.2, 0) is 11.2 Å². The largest absolute Gasteiger partial charge is 0.324 e. The predicted molar refractivity (Wildman–Crippen MR) is 114 cm³/mol. The first-order chi connectivity index (χ1) is 12.2. The zero-order chi connectivity index (χ0) is 17.2. The Morgan fingerprint density at radius 3 is 2.84 bits per heavy atom. The molecule has 0 saturated heterocycles. The van der Waals surface area contributed by atoms with E-state index in [1.165, 1.54) is 15.3 Å². The van der Waals surface area contributed by atoms with Crippen LogP contribution in [0.2, 0.25) is 0 Å². The molecule has 3 nitrogen and oxygen atoms in total. The highest BCUT2D eigenvalue weighted by atomic mass is 127. The molecule has 128 valence electrons. The SMILES string of the molecule is O=C(CN1CCc2sccc2[C@@H]1c1cccs1)Nc1ccccc1I. The van der Waals surface area contributed by atoms with Crippen LogP contribution >= 0.6 is 45.3 Å². The monoisotopic (exact) mass is 480 g/mol. The van der Waals surface area contributed by atoms with Crippen LogP contribution in [0.25, 0.3) is 0 Å². The van der Waals surface area contributed by atoms with Gasteiger partial charge in [0.2, 0.25) is 5.91 Å². The summed E-state index contributed by atoms with van der Waals surface area (Å²) in [4.78, 5) is 17.7. The van der Waals surface area contributed by atoms with Gasteiger partial charge in [-0.1, -0.05) is 18.2 Å². The van der Waals surface area contributed by atoms with Gasteiger partial charge in [-0.05, 0) is 69.6 Å². The molecule has 25 heavy (non-hydrogen) atoms. The Hall–Kier alpha value is -1.22. The van der Waals surface area contributed by atoms with E-state index in [1.807, 2.05) is 35.6 Å². The van der Waals surface area contributed by atoms with E-state index in [-0.39, 0.29) is 11.9 Å². The van der Waals surface area contributed by atoms with Crippen molar-refractivity contribution in [3.05, 3.63) is 72.1 Å². The minimum atomic E-state index is 0.0457. The van der Waals surface area contributed by atoms with Crippen molar-refractivity contribution in [2.45, 2.75) is 12.5 Å². The average molecular weight is 480 g/mol. The maximum atomic E-state index is 12.6. The summed E-state index contributed by atoms with van der Waals surface area (Å²) in [5, 5.41) is 7.34. The molecule has 2 aromatic heterocycles. The fraction of sp³-hybridized carbons (Fsp3) is 0.211. The second-order valence-corrected chi connectivity index (χ2v) is 9.11. The standard InChI is InChI=1S/C19H17IN2OS2/c20-14-4-1-2-5-15(14)21-18(23)12-22-9-7-16-13(8-11-25-16)19(22)17-6-3-10-24-17/h1-6,8,10-11,19H,7,9,12H2,(H,21,23)/t19-/m1/s1. The summed E-state index contributed by atoms with van der Waals surface area (Å²) in [6, 6.07) is 14.5. The van der Waals surface area contributed by atoms with Gasteiger partial charge < -0.3 is 5.32 Å². The van der Waals surface area contributed by atoms with E-state index in [2.05, 4.69) is 61.8 Å². The lowest BCUT2D eigenvalue weighted by Gasteiger charge is -2.34. The summed E-state index contributed by atoms with van der Waals surface area (Å²) < 4.78 is 1.06. The number of carbonyl (C=O) groups is 1. The molecule has 0 aliphatic carbocycles. The zero-order valence-electron chi connectivity index (χ0n) is 13.4. The van der Waals surface area contributed by atoms with Crippen LogP contribution in [0.3, 0.4) is 0 Å². The summed E-state index contributed by atoms with van der Waals surface area (Å²) in [6.45, 7) is 1.32. The molecule has 1 aliphatic heterocycles. The first-order valence-corrected chi connectivity index (χ1v) is 10.9. The lowest BCUT2D eigenvalue weighted by atomic mass is 9.98. The average Bonchev–Trinajstić information content (AvgIpc) is 3.28. The van der Waals surface area contributed by atoms with Gasteiger partial charge in [-0.15, -0.1) is 22.7 Å². The van der Waals surface area contributed by atoms with Crippen LogP contribution in [0.4, 0.5) is 5.69 Å². The molecule has 0 fully saturated rings. The molecule has 1 aromatic carbocycles. The number of fused-ring (bicyclic) bond motifs is 1. The fourth-order valence-corrected chi connectivity index (χ4v) is 5.56. The zero-order valence-corrected chi connectivity index (χ0v) is 17.2. The topological polar surface area (TPSA) is 32.3 Å². The van der Waals surface area contributed by atoms with E-state index in [1.54, 1.807) is 11.3 Å². The number of hydrogen-bond acceptors (Lipinski definition) is 4. The number of anilines is 1. The molecule has 1 amide bonds. The summed E-state index contributed by atoms with van der Waals surface area (Å²) >= 11 is 5.84. The van der Waals surface area contributed by atoms with Gasteiger partial charge in [0.25, 0.3) is 0 Å². The van der Waals surface area contributed by atoms with E-state index in [0.717, 1.165) is 22.2 Å². The van der Waals surface area contributed by atoms with Crippen LogP contribution in [0.1, 0.15) is 21.4 Å². The van der Waals surface area contributed by atoms with Crippen LogP contribution in [0.15, 0.2) is 53.2 Å². The van der Waals surface area contributed by atoms with Crippen molar-refractivity contribution >= 4 is 56.9 Å². The van der Waals surface area contributed by atoms with Gasteiger partial charge in [-0.3, -0.25) is 9.69 Å². The first kappa shape index (κ1) is 17.2. The van der Waals surface area contributed by atoms with Crippen molar-refractivity contribution in [1.82, 2.24) is 4.90 Å². The summed E-state index contributed by atoms with van der Waals surface area (Å²) in [5.74, 6) is 0.0457. The molecule has 6 heteroatoms. The highest BCUT2D eigenvalue weighted by Gasteiger charge is 2.31. The number of benzene rings is 1. The van der Waals surface area contributed by atoms with Gasteiger partial charge >= 0.3 is 0 Å². The van der Waals surface area contributed by atoms with Crippen LogP contribution < -0.4 is 5.32 Å². The lowest BCUT2D eigenvalue weighted by molar-refractivity contribution is -0.117. The summed E-state index contributed by atoms with van der Waals surface area (Å²) in [6.07, 6.45) is 1.02. The van der Waals surface area contributed by atoms with Crippen molar-refractivity contribution in [2.24, 2.45) is 0 Å². The number of nitrogens with one attached hydrogen (secondary N) is 1. The van der Waals surface area contributed by atoms with E-state index in [9.17, 15) is 4.79 Å². The van der Waals surface area contributed by atoms with Crippen LogP contribution in [-0.4, -0.2) is 23.9 Å². The minimum Gasteiger partial charge on any atom is -0.324 e. The normalized spacial score (nSPS) is 17.2. The highest BCUT2D eigenvalue weighted by Crippen LogP contribution is 2.39. The van der Waals surface area contributed by atoms with Crippen molar-refractivity contribution in [3.8, 4) is 0 Å². The third kappa shape index (κ3) is 3.67. The maximum Gasteiger partial charge on any atom is 0.238 e. The van der Waals surface area contributed by atoms with Crippen molar-refractivity contribution in [2.75, 3.05) is 18.4 Å². The van der Waals surface area contributed by atoms with Gasteiger partial charge in [0.15, 0.2) is 0 Å². The number of halogens is 1. The third-order valence-corrected chi connectivity index (χ3v) is 7.23. The quantitative estimate of drug-likeness (QED) is 0.534. The predicted octanol–water partition coefficient (Wildman–Crippen LogP) is 5.00. The van der Waals surface area contributed by atoms with E-state index < -0.39 is 0 Å². The Morgan fingerprint density at radius 1 is 1.16 bits per heavy atom. The molecular formula is C19H17IN2OS2. The Labute approximate surface area is 168 Å². The third-order valence-electron chi connectivity index (χ3n) is 4.37. The summed E-state index contributed by atoms with van der Waals surface area (Å²) in [5.41, 5.74) is 2.25. The molecule has 0 bridgehead atoms. The molecule has 0 radical (unpaired) electrons. The lowest BCUT2D eigenvalue weighted by Crippen LogP contribution is -2.40. The smallest absolute Gasteiger partial charge is 0.238 e. The van der Waals surface area contributed by atoms with Gasteiger partial charge in [0.05, 0.1) is 18.3 Å². The first-order valence-electron chi connectivity index (χ1n) is 8.10. The van der Waals surface area contributed by atoms with Gasteiger partial charge in [0, 0.05) is 19.9 Å². The Kier molecular flexibility index (Phi) is 5.21. The maximum absolute atomic E-state index is 12.6. The summed E-state index contributed by atoms with van der Waals surface area (Å²) in [7, 11) is 0. The van der Waals surface area contributed by atoms with E-state index in [4.69, 9.17) is 0 Å². The molecule has 1 atom stereocenters. The van der Waals surface area contributed by atoms with E-state index >= 15 is 0 Å². The molecule has 3 aromatic rings. The van der Waals surface area contributed by atoms with Gasteiger partial charge in [-0.2, -0.15) is 0 Å². The molecule has 1 aliphatic rings. The fourth-order valence-electron chi connectivity index (χ4n) is 3.26.